The molecule has 0 saturated heterocycles. The Bertz CT molecular complexity index is 529. The first-order chi connectivity index (χ1) is 8.70. The minimum atomic E-state index is 0.0185. The Labute approximate surface area is 111 Å². The van der Waals surface area contributed by atoms with Crippen LogP contribution in [0.3, 0.4) is 0 Å². The average molecular weight is 260 g/mol. The van der Waals surface area contributed by atoms with Gasteiger partial charge >= 0.3 is 0 Å². The molecule has 3 nitrogen and oxygen atoms in total. The fourth-order valence-corrected chi connectivity index (χ4v) is 2.51. The lowest BCUT2D eigenvalue weighted by atomic mass is 10.1. The highest BCUT2D eigenvalue weighted by atomic mass is 32.2. The van der Waals surface area contributed by atoms with Crippen molar-refractivity contribution in [2.45, 2.75) is 22.9 Å². The van der Waals surface area contributed by atoms with E-state index in [1.165, 1.54) is 0 Å². The van der Waals surface area contributed by atoms with Crippen LogP contribution >= 0.6 is 11.8 Å². The molecule has 0 aliphatic rings. The van der Waals surface area contributed by atoms with Gasteiger partial charge in [-0.1, -0.05) is 23.9 Å². The Morgan fingerprint density at radius 3 is 2.78 bits per heavy atom. The number of hydrogen-bond donors (Lipinski definition) is 1. The molecule has 0 aliphatic heterocycles. The van der Waals surface area contributed by atoms with Crippen molar-refractivity contribution in [1.29, 1.82) is 0 Å². The first-order valence-corrected chi connectivity index (χ1v) is 6.54. The largest absolute Gasteiger partial charge is 0.496 e. The summed E-state index contributed by atoms with van der Waals surface area (Å²) in [5.74, 6) is 0.857. The summed E-state index contributed by atoms with van der Waals surface area (Å²) in [6.45, 7) is 1.97. The van der Waals surface area contributed by atoms with Crippen LogP contribution in [0.4, 0.5) is 0 Å². The molecular formula is C14H16N2OS. The lowest BCUT2D eigenvalue weighted by Crippen LogP contribution is -2.04. The molecule has 0 spiro atoms. The topological polar surface area (TPSA) is 48.1 Å². The van der Waals surface area contributed by atoms with Gasteiger partial charge in [-0.05, 0) is 36.8 Å². The Hall–Kier alpha value is -1.52. The highest BCUT2D eigenvalue weighted by molar-refractivity contribution is 7.99. The predicted molar refractivity (Wildman–Crippen MR) is 74.0 cm³/mol. The van der Waals surface area contributed by atoms with Crippen molar-refractivity contribution >= 4 is 11.8 Å². The lowest BCUT2D eigenvalue weighted by Gasteiger charge is -2.09. The summed E-state index contributed by atoms with van der Waals surface area (Å²) < 4.78 is 5.32. The third kappa shape index (κ3) is 3.03. The number of nitrogens with zero attached hydrogens (tertiary/aromatic N) is 1. The second-order valence-electron chi connectivity index (χ2n) is 3.97. The smallest absolute Gasteiger partial charge is 0.132 e. The quantitative estimate of drug-likeness (QED) is 0.916. The Kier molecular flexibility index (Phi) is 4.23. The van der Waals surface area contributed by atoms with Crippen LogP contribution < -0.4 is 10.5 Å². The monoisotopic (exact) mass is 260 g/mol. The Morgan fingerprint density at radius 1 is 1.28 bits per heavy atom. The normalized spacial score (nSPS) is 12.2. The van der Waals surface area contributed by atoms with Gasteiger partial charge in [0.15, 0.2) is 0 Å². The van der Waals surface area contributed by atoms with E-state index in [-0.39, 0.29) is 6.04 Å². The Balaban J connectivity index is 2.25. The zero-order valence-corrected chi connectivity index (χ0v) is 11.3. The highest BCUT2D eigenvalue weighted by Gasteiger charge is 2.07. The van der Waals surface area contributed by atoms with Gasteiger partial charge in [0.05, 0.1) is 12.0 Å². The number of hydrogen-bond acceptors (Lipinski definition) is 4. The van der Waals surface area contributed by atoms with Gasteiger partial charge in [0, 0.05) is 12.2 Å². The van der Waals surface area contributed by atoms with Gasteiger partial charge in [0.25, 0.3) is 0 Å². The van der Waals surface area contributed by atoms with Crippen molar-refractivity contribution in [2.75, 3.05) is 7.11 Å². The summed E-state index contributed by atoms with van der Waals surface area (Å²) in [6.07, 6.45) is 1.79. The van der Waals surface area contributed by atoms with Crippen molar-refractivity contribution in [1.82, 2.24) is 4.98 Å². The summed E-state index contributed by atoms with van der Waals surface area (Å²) >= 11 is 1.58. The lowest BCUT2D eigenvalue weighted by molar-refractivity contribution is 0.405. The molecule has 2 aromatic rings. The molecule has 94 valence electrons. The van der Waals surface area contributed by atoms with Crippen LogP contribution in [-0.4, -0.2) is 12.1 Å². The molecule has 1 unspecified atom stereocenters. The zero-order valence-electron chi connectivity index (χ0n) is 10.5. The van der Waals surface area contributed by atoms with E-state index in [9.17, 15) is 0 Å². The predicted octanol–water partition coefficient (Wildman–Crippen LogP) is 3.26. The van der Waals surface area contributed by atoms with Crippen LogP contribution in [0.15, 0.2) is 52.5 Å². The number of rotatable bonds is 4. The molecule has 2 N–H and O–H groups in total. The van der Waals surface area contributed by atoms with Gasteiger partial charge in [-0.3, -0.25) is 0 Å². The van der Waals surface area contributed by atoms with E-state index < -0.39 is 0 Å². The van der Waals surface area contributed by atoms with Crippen LogP contribution in [-0.2, 0) is 0 Å². The van der Waals surface area contributed by atoms with E-state index in [1.54, 1.807) is 25.1 Å². The number of pyridine rings is 1. The van der Waals surface area contributed by atoms with E-state index in [0.717, 1.165) is 21.2 Å². The molecule has 1 aromatic heterocycles. The van der Waals surface area contributed by atoms with Crippen molar-refractivity contribution in [3.8, 4) is 5.75 Å². The standard InChI is InChI=1S/C14H16N2OS/c1-10(15)11-7-8-16-14(9-11)18-13-6-4-3-5-12(13)17-2/h3-10H,15H2,1-2H3. The van der Waals surface area contributed by atoms with Crippen LogP contribution in [0, 0.1) is 0 Å². The van der Waals surface area contributed by atoms with Gasteiger partial charge in [-0.2, -0.15) is 0 Å². The van der Waals surface area contributed by atoms with Gasteiger partial charge in [0.2, 0.25) is 0 Å². The van der Waals surface area contributed by atoms with E-state index in [0.29, 0.717) is 0 Å². The molecule has 1 aromatic carbocycles. The molecule has 0 aliphatic carbocycles. The van der Waals surface area contributed by atoms with E-state index >= 15 is 0 Å². The van der Waals surface area contributed by atoms with Crippen LogP contribution in [0.2, 0.25) is 0 Å². The first kappa shape index (κ1) is 12.9. The first-order valence-electron chi connectivity index (χ1n) is 5.73. The van der Waals surface area contributed by atoms with Crippen LogP contribution in [0.25, 0.3) is 0 Å². The minimum Gasteiger partial charge on any atom is -0.496 e. The van der Waals surface area contributed by atoms with E-state index in [4.69, 9.17) is 10.5 Å². The van der Waals surface area contributed by atoms with E-state index in [2.05, 4.69) is 4.98 Å². The number of nitrogens with two attached hydrogens (primary N) is 1. The summed E-state index contributed by atoms with van der Waals surface area (Å²) in [5, 5.41) is 0.925. The SMILES string of the molecule is COc1ccccc1Sc1cc(C(C)N)ccn1. The summed E-state index contributed by atoms with van der Waals surface area (Å²) in [5.41, 5.74) is 6.96. The molecular weight excluding hydrogens is 244 g/mol. The number of para-hydroxylation sites is 1. The third-order valence-electron chi connectivity index (χ3n) is 2.57. The Morgan fingerprint density at radius 2 is 2.06 bits per heavy atom. The number of benzene rings is 1. The van der Waals surface area contributed by atoms with Crippen molar-refractivity contribution < 1.29 is 4.74 Å². The van der Waals surface area contributed by atoms with Gasteiger partial charge in [0.1, 0.15) is 10.8 Å². The maximum atomic E-state index is 5.87. The summed E-state index contributed by atoms with van der Waals surface area (Å²) in [7, 11) is 1.67. The molecule has 4 heteroatoms. The molecule has 0 fully saturated rings. The fraction of sp³-hybridized carbons (Fsp3) is 0.214. The molecule has 0 bridgehead atoms. The minimum absolute atomic E-state index is 0.0185. The number of ether oxygens (including phenoxy) is 1. The van der Waals surface area contributed by atoms with E-state index in [1.807, 2.05) is 43.3 Å². The van der Waals surface area contributed by atoms with Crippen molar-refractivity contribution in [2.24, 2.45) is 5.73 Å². The summed E-state index contributed by atoms with van der Waals surface area (Å²) in [6, 6.07) is 11.9. The third-order valence-corrected chi connectivity index (χ3v) is 3.56. The second kappa shape index (κ2) is 5.89. The number of methoxy groups -OCH3 is 1. The van der Waals surface area contributed by atoms with Crippen LogP contribution in [0.1, 0.15) is 18.5 Å². The molecule has 2 rings (SSSR count). The van der Waals surface area contributed by atoms with Crippen molar-refractivity contribution in [3.63, 3.8) is 0 Å². The molecule has 0 amide bonds. The van der Waals surface area contributed by atoms with Gasteiger partial charge < -0.3 is 10.5 Å². The molecule has 0 radical (unpaired) electrons. The number of aromatic nitrogens is 1. The van der Waals surface area contributed by atoms with Gasteiger partial charge in [-0.15, -0.1) is 0 Å². The molecule has 18 heavy (non-hydrogen) atoms. The van der Waals surface area contributed by atoms with Gasteiger partial charge in [-0.25, -0.2) is 4.98 Å². The molecule has 0 saturated carbocycles. The van der Waals surface area contributed by atoms with Crippen LogP contribution in [0.5, 0.6) is 5.75 Å². The molecule has 1 heterocycles. The second-order valence-corrected chi connectivity index (χ2v) is 5.03. The van der Waals surface area contributed by atoms with Crippen molar-refractivity contribution in [3.05, 3.63) is 48.2 Å². The highest BCUT2D eigenvalue weighted by Crippen LogP contribution is 2.34. The zero-order chi connectivity index (χ0) is 13.0. The maximum Gasteiger partial charge on any atom is 0.132 e. The maximum absolute atomic E-state index is 5.87. The average Bonchev–Trinajstić information content (AvgIpc) is 2.39. The molecule has 1 atom stereocenters. The summed E-state index contributed by atoms with van der Waals surface area (Å²) in [4.78, 5) is 5.39. The fourth-order valence-electron chi connectivity index (χ4n) is 1.58.